The highest BCUT2D eigenvalue weighted by molar-refractivity contribution is 5.85. The first-order valence-corrected chi connectivity index (χ1v) is 6.38. The molecule has 0 radical (unpaired) electrons. The molecule has 0 aliphatic heterocycles. The van der Waals surface area contributed by atoms with Crippen LogP contribution in [0.2, 0.25) is 0 Å². The molecule has 1 saturated carbocycles. The van der Waals surface area contributed by atoms with E-state index in [4.69, 9.17) is 5.73 Å². The van der Waals surface area contributed by atoms with Crippen LogP contribution in [0.25, 0.3) is 0 Å². The molecule has 1 fully saturated rings. The van der Waals surface area contributed by atoms with Crippen molar-refractivity contribution < 1.29 is 9.18 Å². The zero-order valence-corrected chi connectivity index (χ0v) is 11.8. The number of hydrogen-bond acceptors (Lipinski definition) is 2. The molecule has 1 aromatic carbocycles. The smallest absolute Gasteiger partial charge is 0.239 e. The number of carbonyl (C=O) groups is 1. The third-order valence-electron chi connectivity index (χ3n) is 3.19. The van der Waals surface area contributed by atoms with Crippen LogP contribution in [0.5, 0.6) is 0 Å². The summed E-state index contributed by atoms with van der Waals surface area (Å²) in [5.41, 5.74) is 6.56. The van der Waals surface area contributed by atoms with E-state index in [1.807, 2.05) is 11.0 Å². The fraction of sp³-hybridized carbons (Fsp3) is 0.500. The van der Waals surface area contributed by atoms with Crippen LogP contribution < -0.4 is 5.73 Å². The summed E-state index contributed by atoms with van der Waals surface area (Å²) in [5, 5.41) is 0. The van der Waals surface area contributed by atoms with Crippen molar-refractivity contribution in [1.29, 1.82) is 0 Å². The molecule has 0 spiro atoms. The topological polar surface area (TPSA) is 46.3 Å². The average molecular weight is 287 g/mol. The van der Waals surface area contributed by atoms with Crippen molar-refractivity contribution in [2.24, 2.45) is 5.73 Å². The molecule has 0 saturated heterocycles. The first-order chi connectivity index (χ1) is 8.58. The summed E-state index contributed by atoms with van der Waals surface area (Å²) in [6, 6.07) is 6.40. The molecule has 0 heterocycles. The van der Waals surface area contributed by atoms with Gasteiger partial charge in [0.25, 0.3) is 0 Å². The Morgan fingerprint density at radius 2 is 2.21 bits per heavy atom. The molecule has 1 aliphatic rings. The summed E-state index contributed by atoms with van der Waals surface area (Å²) < 4.78 is 13.0. The zero-order chi connectivity index (χ0) is 13.1. The molecule has 2 N–H and O–H groups in total. The van der Waals surface area contributed by atoms with E-state index >= 15 is 0 Å². The first-order valence-electron chi connectivity index (χ1n) is 6.38. The Morgan fingerprint density at radius 3 is 2.74 bits per heavy atom. The summed E-state index contributed by atoms with van der Waals surface area (Å²) >= 11 is 0. The molecule has 0 bridgehead atoms. The van der Waals surface area contributed by atoms with Crippen LogP contribution in [0, 0.1) is 5.82 Å². The van der Waals surface area contributed by atoms with Crippen LogP contribution in [0.1, 0.15) is 25.3 Å². The number of nitrogens with two attached hydrogens (primary N) is 1. The van der Waals surface area contributed by atoms with E-state index < -0.39 is 6.04 Å². The third-order valence-corrected chi connectivity index (χ3v) is 3.19. The lowest BCUT2D eigenvalue weighted by molar-refractivity contribution is -0.132. The Morgan fingerprint density at radius 1 is 1.53 bits per heavy atom. The van der Waals surface area contributed by atoms with Crippen molar-refractivity contribution in [1.82, 2.24) is 4.90 Å². The lowest BCUT2D eigenvalue weighted by Crippen LogP contribution is -2.44. The minimum Gasteiger partial charge on any atom is -0.338 e. The van der Waals surface area contributed by atoms with Crippen molar-refractivity contribution in [3.8, 4) is 0 Å². The minimum atomic E-state index is -0.460. The van der Waals surface area contributed by atoms with Gasteiger partial charge >= 0.3 is 0 Å². The van der Waals surface area contributed by atoms with Gasteiger partial charge in [0.15, 0.2) is 0 Å². The molecule has 19 heavy (non-hydrogen) atoms. The van der Waals surface area contributed by atoms with Crippen molar-refractivity contribution in [3.05, 3.63) is 35.6 Å². The molecule has 106 valence electrons. The zero-order valence-electron chi connectivity index (χ0n) is 11.0. The average Bonchev–Trinajstić information content (AvgIpc) is 3.13. The van der Waals surface area contributed by atoms with Crippen LogP contribution in [0.3, 0.4) is 0 Å². The van der Waals surface area contributed by atoms with Gasteiger partial charge in [-0.1, -0.05) is 12.1 Å². The second-order valence-corrected chi connectivity index (χ2v) is 4.93. The van der Waals surface area contributed by atoms with Crippen LogP contribution in [0.4, 0.5) is 4.39 Å². The van der Waals surface area contributed by atoms with Gasteiger partial charge in [-0.15, -0.1) is 12.4 Å². The fourth-order valence-corrected chi connectivity index (χ4v) is 2.06. The van der Waals surface area contributed by atoms with Gasteiger partial charge in [0.1, 0.15) is 5.82 Å². The highest BCUT2D eigenvalue weighted by Gasteiger charge is 2.33. The third kappa shape index (κ3) is 4.48. The maximum absolute atomic E-state index is 13.0. The van der Waals surface area contributed by atoms with E-state index in [1.165, 1.54) is 12.1 Å². The number of benzene rings is 1. The normalized spacial score (nSPS) is 15.5. The monoisotopic (exact) mass is 286 g/mol. The quantitative estimate of drug-likeness (QED) is 0.901. The van der Waals surface area contributed by atoms with E-state index in [-0.39, 0.29) is 24.1 Å². The molecular weight excluding hydrogens is 267 g/mol. The Balaban J connectivity index is 0.00000180. The number of rotatable bonds is 5. The van der Waals surface area contributed by atoms with Gasteiger partial charge in [0, 0.05) is 12.6 Å². The van der Waals surface area contributed by atoms with Gasteiger partial charge in [0.2, 0.25) is 5.91 Å². The number of hydrogen-bond donors (Lipinski definition) is 1. The minimum absolute atomic E-state index is 0. The highest BCUT2D eigenvalue weighted by Crippen LogP contribution is 2.27. The Labute approximate surface area is 119 Å². The van der Waals surface area contributed by atoms with Crippen LogP contribution in [-0.2, 0) is 11.2 Å². The molecule has 0 aromatic heterocycles. The summed E-state index contributed by atoms with van der Waals surface area (Å²) in [5.74, 6) is -0.238. The van der Waals surface area contributed by atoms with Gasteiger partial charge in [-0.25, -0.2) is 4.39 Å². The number of halogens is 2. The molecular formula is C14H20ClFN2O. The fourth-order valence-electron chi connectivity index (χ4n) is 2.06. The predicted molar refractivity (Wildman–Crippen MR) is 75.7 cm³/mol. The molecule has 1 aliphatic carbocycles. The standard InChI is InChI=1S/C14H19FN2O.ClH/c1-10(16)14(18)17(13-5-6-13)8-7-11-3-2-4-12(15)9-11;/h2-4,9-10,13H,5-8,16H2,1H3;1H/t10-;/m1./s1. The highest BCUT2D eigenvalue weighted by atomic mass is 35.5. The SMILES string of the molecule is C[C@@H](N)C(=O)N(CCc1cccc(F)c1)C1CC1.Cl. The molecule has 1 amide bonds. The lowest BCUT2D eigenvalue weighted by atomic mass is 10.1. The van der Waals surface area contributed by atoms with Gasteiger partial charge < -0.3 is 10.6 Å². The second-order valence-electron chi connectivity index (χ2n) is 4.93. The van der Waals surface area contributed by atoms with Crippen molar-refractivity contribution in [2.75, 3.05) is 6.54 Å². The van der Waals surface area contributed by atoms with Gasteiger partial charge in [-0.05, 0) is 43.9 Å². The molecule has 3 nitrogen and oxygen atoms in total. The summed E-state index contributed by atoms with van der Waals surface area (Å²) in [6.07, 6.45) is 2.79. The van der Waals surface area contributed by atoms with Crippen molar-refractivity contribution in [2.45, 2.75) is 38.3 Å². The Bertz CT molecular complexity index is 435. The van der Waals surface area contributed by atoms with Crippen molar-refractivity contribution >= 4 is 18.3 Å². The molecule has 1 aromatic rings. The van der Waals surface area contributed by atoms with E-state index in [1.54, 1.807) is 13.0 Å². The largest absolute Gasteiger partial charge is 0.338 e. The second kappa shape index (κ2) is 6.87. The molecule has 0 unspecified atom stereocenters. The Kier molecular flexibility index (Phi) is 5.76. The lowest BCUT2D eigenvalue weighted by Gasteiger charge is -2.24. The first kappa shape index (κ1) is 15.9. The maximum Gasteiger partial charge on any atom is 0.239 e. The van der Waals surface area contributed by atoms with E-state index in [0.717, 1.165) is 18.4 Å². The Hall–Kier alpha value is -1.13. The number of carbonyl (C=O) groups excluding carboxylic acids is 1. The maximum atomic E-state index is 13.0. The van der Waals surface area contributed by atoms with Gasteiger partial charge in [-0.2, -0.15) is 0 Å². The van der Waals surface area contributed by atoms with Crippen LogP contribution in [0.15, 0.2) is 24.3 Å². The van der Waals surface area contributed by atoms with E-state index in [0.29, 0.717) is 19.0 Å². The van der Waals surface area contributed by atoms with E-state index in [2.05, 4.69) is 0 Å². The predicted octanol–water partition coefficient (Wildman–Crippen LogP) is 2.13. The molecule has 2 rings (SSSR count). The number of nitrogens with zero attached hydrogens (tertiary/aromatic N) is 1. The summed E-state index contributed by atoms with van der Waals surface area (Å²) in [4.78, 5) is 13.8. The molecule has 5 heteroatoms. The van der Waals surface area contributed by atoms with Gasteiger partial charge in [0.05, 0.1) is 6.04 Å². The van der Waals surface area contributed by atoms with Gasteiger partial charge in [-0.3, -0.25) is 4.79 Å². The van der Waals surface area contributed by atoms with E-state index in [9.17, 15) is 9.18 Å². The summed E-state index contributed by atoms with van der Waals surface area (Å²) in [6.45, 7) is 2.33. The van der Waals surface area contributed by atoms with Crippen LogP contribution >= 0.6 is 12.4 Å². The summed E-state index contributed by atoms with van der Waals surface area (Å²) in [7, 11) is 0. The number of amides is 1. The molecule has 1 atom stereocenters. The van der Waals surface area contributed by atoms with Crippen LogP contribution in [-0.4, -0.2) is 29.4 Å². The van der Waals surface area contributed by atoms with Crippen molar-refractivity contribution in [3.63, 3.8) is 0 Å².